The molecule has 0 unspecified atom stereocenters. The van der Waals surface area contributed by atoms with E-state index in [1.54, 1.807) is 19.2 Å². The summed E-state index contributed by atoms with van der Waals surface area (Å²) in [5, 5.41) is 2.70. The van der Waals surface area contributed by atoms with Gasteiger partial charge in [-0.2, -0.15) is 0 Å². The highest BCUT2D eigenvalue weighted by molar-refractivity contribution is 7.80. The van der Waals surface area contributed by atoms with Crippen LogP contribution in [0.4, 0.5) is 4.39 Å². The molecule has 6 heteroatoms. The predicted octanol–water partition coefficient (Wildman–Crippen LogP) is 2.14. The Morgan fingerprint density at radius 3 is 2.89 bits per heavy atom. The summed E-state index contributed by atoms with van der Waals surface area (Å²) in [7, 11) is 0. The van der Waals surface area contributed by atoms with Gasteiger partial charge in [-0.1, -0.05) is 0 Å². The summed E-state index contributed by atoms with van der Waals surface area (Å²) in [5.74, 6) is -0.107. The number of aryl methyl sites for hydroxylation is 1. The minimum atomic E-state index is -0.452. The maximum atomic E-state index is 13.0. The van der Waals surface area contributed by atoms with Crippen molar-refractivity contribution in [1.82, 2.24) is 15.3 Å². The number of hydrogen-bond donors (Lipinski definition) is 2. The summed E-state index contributed by atoms with van der Waals surface area (Å²) in [4.78, 5) is 20.1. The Morgan fingerprint density at radius 2 is 2.21 bits per heavy atom. The lowest BCUT2D eigenvalue weighted by molar-refractivity contribution is 0.0950. The van der Waals surface area contributed by atoms with Gasteiger partial charge in [-0.25, -0.2) is 14.4 Å². The second-order valence-electron chi connectivity index (χ2n) is 3.94. The fourth-order valence-electron chi connectivity index (χ4n) is 1.53. The third-order valence-electron chi connectivity index (χ3n) is 2.47. The lowest BCUT2D eigenvalue weighted by Gasteiger charge is -2.06. The van der Waals surface area contributed by atoms with Crippen molar-refractivity contribution in [2.75, 3.05) is 0 Å². The van der Waals surface area contributed by atoms with Crippen molar-refractivity contribution in [2.24, 2.45) is 0 Å². The zero-order chi connectivity index (χ0) is 13.8. The van der Waals surface area contributed by atoms with Crippen LogP contribution in [0, 0.1) is 12.7 Å². The molecule has 19 heavy (non-hydrogen) atoms. The van der Waals surface area contributed by atoms with Gasteiger partial charge in [-0.3, -0.25) is 4.79 Å². The van der Waals surface area contributed by atoms with Gasteiger partial charge in [0.05, 0.1) is 12.2 Å². The monoisotopic (exact) mass is 277 g/mol. The molecule has 98 valence electrons. The minimum absolute atomic E-state index is 0.144. The number of thiol groups is 1. The standard InChI is InChI=1S/C13H12FN3OS/c1-8-15-5-4-10(17-8)7-16-13(18)9-2-3-11(14)12(19)6-9/h2-6,19H,7H2,1H3,(H,16,18). The molecule has 0 saturated carbocycles. The molecule has 4 nitrogen and oxygen atoms in total. The number of nitrogens with zero attached hydrogens (tertiary/aromatic N) is 2. The Morgan fingerprint density at radius 1 is 1.42 bits per heavy atom. The quantitative estimate of drug-likeness (QED) is 0.845. The van der Waals surface area contributed by atoms with E-state index < -0.39 is 5.82 Å². The zero-order valence-corrected chi connectivity index (χ0v) is 11.1. The molecule has 0 bridgehead atoms. The van der Waals surface area contributed by atoms with E-state index in [1.807, 2.05) is 0 Å². The predicted molar refractivity (Wildman–Crippen MR) is 71.6 cm³/mol. The molecule has 1 heterocycles. The van der Waals surface area contributed by atoms with E-state index in [4.69, 9.17) is 0 Å². The fraction of sp³-hybridized carbons (Fsp3) is 0.154. The lowest BCUT2D eigenvalue weighted by atomic mass is 10.2. The highest BCUT2D eigenvalue weighted by Crippen LogP contribution is 2.14. The maximum absolute atomic E-state index is 13.0. The molecule has 1 amide bonds. The number of carbonyl (C=O) groups is 1. The smallest absolute Gasteiger partial charge is 0.251 e. The van der Waals surface area contributed by atoms with Crippen LogP contribution in [0.15, 0.2) is 35.4 Å². The number of hydrogen-bond acceptors (Lipinski definition) is 4. The first kappa shape index (κ1) is 13.5. The molecule has 0 aliphatic carbocycles. The average molecular weight is 277 g/mol. The Hall–Kier alpha value is -1.95. The summed E-state index contributed by atoms with van der Waals surface area (Å²) in [6, 6.07) is 5.74. The second kappa shape index (κ2) is 5.79. The number of rotatable bonds is 3. The second-order valence-corrected chi connectivity index (χ2v) is 4.43. The third kappa shape index (κ3) is 3.51. The van der Waals surface area contributed by atoms with Gasteiger partial charge in [0.2, 0.25) is 0 Å². The zero-order valence-electron chi connectivity index (χ0n) is 10.2. The Bertz CT molecular complexity index is 619. The van der Waals surface area contributed by atoms with E-state index in [2.05, 4.69) is 27.9 Å². The van der Waals surface area contributed by atoms with Crippen LogP contribution in [0.1, 0.15) is 21.9 Å². The summed E-state index contributed by atoms with van der Waals surface area (Å²) >= 11 is 3.94. The van der Waals surface area contributed by atoms with Crippen LogP contribution in [0.3, 0.4) is 0 Å². The molecule has 0 aliphatic heterocycles. The van der Waals surface area contributed by atoms with E-state index in [9.17, 15) is 9.18 Å². The van der Waals surface area contributed by atoms with Gasteiger partial charge in [0.25, 0.3) is 5.91 Å². The van der Waals surface area contributed by atoms with Crippen molar-refractivity contribution in [3.63, 3.8) is 0 Å². The van der Waals surface area contributed by atoms with Gasteiger partial charge in [0.15, 0.2) is 0 Å². The molecule has 2 aromatic rings. The van der Waals surface area contributed by atoms with E-state index in [-0.39, 0.29) is 10.8 Å². The van der Waals surface area contributed by atoms with Crippen molar-refractivity contribution in [2.45, 2.75) is 18.4 Å². The van der Waals surface area contributed by atoms with Crippen LogP contribution in [0.2, 0.25) is 0 Å². The molecule has 1 aromatic heterocycles. The molecule has 1 aromatic carbocycles. The number of halogens is 1. The molecular weight excluding hydrogens is 265 g/mol. The Kier molecular flexibility index (Phi) is 4.11. The highest BCUT2D eigenvalue weighted by atomic mass is 32.1. The number of amides is 1. The van der Waals surface area contributed by atoms with Gasteiger partial charge < -0.3 is 5.32 Å². The third-order valence-corrected chi connectivity index (χ3v) is 2.81. The first-order valence-corrected chi connectivity index (χ1v) is 6.06. The summed E-state index contributed by atoms with van der Waals surface area (Å²) in [6.45, 7) is 2.07. The Labute approximate surface area is 115 Å². The van der Waals surface area contributed by atoms with Crippen LogP contribution in [0.25, 0.3) is 0 Å². The molecule has 0 aliphatic rings. The summed E-state index contributed by atoms with van der Waals surface area (Å²) in [6.07, 6.45) is 1.63. The van der Waals surface area contributed by atoms with Crippen LogP contribution >= 0.6 is 12.6 Å². The number of aromatic nitrogens is 2. The van der Waals surface area contributed by atoms with Crippen molar-refractivity contribution < 1.29 is 9.18 Å². The molecule has 0 saturated heterocycles. The first-order chi connectivity index (χ1) is 9.06. The van der Waals surface area contributed by atoms with Crippen molar-refractivity contribution >= 4 is 18.5 Å². The van der Waals surface area contributed by atoms with E-state index in [0.29, 0.717) is 23.6 Å². The van der Waals surface area contributed by atoms with Crippen molar-refractivity contribution in [3.8, 4) is 0 Å². The summed E-state index contributed by atoms with van der Waals surface area (Å²) < 4.78 is 13.0. The van der Waals surface area contributed by atoms with Gasteiger partial charge in [0.1, 0.15) is 11.6 Å². The van der Waals surface area contributed by atoms with Crippen molar-refractivity contribution in [3.05, 3.63) is 53.4 Å². The summed E-state index contributed by atoms with van der Waals surface area (Å²) in [5.41, 5.74) is 1.08. The minimum Gasteiger partial charge on any atom is -0.346 e. The average Bonchev–Trinajstić information content (AvgIpc) is 2.39. The maximum Gasteiger partial charge on any atom is 0.251 e. The molecular formula is C13H12FN3OS. The highest BCUT2D eigenvalue weighted by Gasteiger charge is 2.08. The van der Waals surface area contributed by atoms with E-state index in [1.165, 1.54) is 18.2 Å². The molecule has 0 radical (unpaired) electrons. The largest absolute Gasteiger partial charge is 0.346 e. The Balaban J connectivity index is 2.03. The van der Waals surface area contributed by atoms with Crippen molar-refractivity contribution in [1.29, 1.82) is 0 Å². The number of nitrogens with one attached hydrogen (secondary N) is 1. The lowest BCUT2D eigenvalue weighted by Crippen LogP contribution is -2.23. The van der Waals surface area contributed by atoms with Crippen LogP contribution in [-0.2, 0) is 6.54 Å². The van der Waals surface area contributed by atoms with Gasteiger partial charge in [-0.15, -0.1) is 12.6 Å². The van der Waals surface area contributed by atoms with Crippen LogP contribution < -0.4 is 5.32 Å². The molecule has 0 atom stereocenters. The van der Waals surface area contributed by atoms with E-state index >= 15 is 0 Å². The SMILES string of the molecule is Cc1nccc(CNC(=O)c2ccc(F)c(S)c2)n1. The fourth-order valence-corrected chi connectivity index (χ4v) is 1.74. The number of benzene rings is 1. The van der Waals surface area contributed by atoms with Gasteiger partial charge >= 0.3 is 0 Å². The molecule has 2 rings (SSSR count). The molecule has 1 N–H and O–H groups in total. The topological polar surface area (TPSA) is 54.9 Å². The first-order valence-electron chi connectivity index (χ1n) is 5.61. The van der Waals surface area contributed by atoms with Crippen LogP contribution in [0.5, 0.6) is 0 Å². The van der Waals surface area contributed by atoms with Gasteiger partial charge in [-0.05, 0) is 31.2 Å². The van der Waals surface area contributed by atoms with Gasteiger partial charge in [0, 0.05) is 16.7 Å². The van der Waals surface area contributed by atoms with Crippen LogP contribution in [-0.4, -0.2) is 15.9 Å². The normalized spacial score (nSPS) is 10.3. The molecule has 0 spiro atoms. The number of carbonyl (C=O) groups excluding carboxylic acids is 1. The van der Waals surface area contributed by atoms with E-state index in [0.717, 1.165) is 0 Å². The molecule has 0 fully saturated rings.